The molecule has 0 fully saturated rings. The number of aliphatic hydroxyl groups excluding tert-OH is 1. The summed E-state index contributed by atoms with van der Waals surface area (Å²) in [6.45, 7) is 0. The highest BCUT2D eigenvalue weighted by Crippen LogP contribution is 2.14. The Balaban J connectivity index is 2.65. The van der Waals surface area contributed by atoms with Gasteiger partial charge in [0.25, 0.3) is 0 Å². The molecule has 2 nitrogen and oxygen atoms in total. The second-order valence-electron chi connectivity index (χ2n) is 1.69. The summed E-state index contributed by atoms with van der Waals surface area (Å²) in [6.07, 6.45) is 1.03. The van der Waals surface area contributed by atoms with E-state index in [-0.39, 0.29) is 0 Å². The van der Waals surface area contributed by atoms with Gasteiger partial charge in [-0.3, -0.25) is 0 Å². The molecule has 0 amide bonds. The maximum atomic E-state index is 9.08. The molecular formula is C6H7BrO2. The molecule has 9 heavy (non-hydrogen) atoms. The highest BCUT2D eigenvalue weighted by Gasteiger charge is 2.06. The molecule has 1 unspecified atom stereocenters. The van der Waals surface area contributed by atoms with Crippen molar-refractivity contribution >= 4 is 15.9 Å². The first-order chi connectivity index (χ1) is 4.34. The molecule has 1 aromatic heterocycles. The second kappa shape index (κ2) is 3.03. The molecule has 0 saturated heterocycles. The van der Waals surface area contributed by atoms with Crippen LogP contribution in [0.1, 0.15) is 11.9 Å². The topological polar surface area (TPSA) is 33.4 Å². The van der Waals surface area contributed by atoms with Crippen molar-refractivity contribution in [1.29, 1.82) is 0 Å². The Bertz CT molecular complexity index is 160. The number of alkyl halides is 1. The molecule has 1 heterocycles. The molecule has 1 atom stereocenters. The van der Waals surface area contributed by atoms with Crippen molar-refractivity contribution in [3.8, 4) is 0 Å². The minimum atomic E-state index is -0.514. The minimum absolute atomic E-state index is 0.514. The van der Waals surface area contributed by atoms with Crippen LogP contribution in [-0.4, -0.2) is 10.4 Å². The predicted molar refractivity (Wildman–Crippen MR) is 37.5 cm³/mol. The van der Waals surface area contributed by atoms with Crippen molar-refractivity contribution in [3.05, 3.63) is 24.2 Å². The Hall–Kier alpha value is -0.280. The number of furan rings is 1. The summed E-state index contributed by atoms with van der Waals surface area (Å²) in [5, 5.41) is 9.59. The van der Waals surface area contributed by atoms with Crippen molar-refractivity contribution in [2.45, 2.75) is 6.10 Å². The molecule has 0 saturated carbocycles. The fourth-order valence-electron chi connectivity index (χ4n) is 0.557. The average molecular weight is 191 g/mol. The fraction of sp³-hybridized carbons (Fsp3) is 0.333. The zero-order chi connectivity index (χ0) is 6.69. The van der Waals surface area contributed by atoms with Gasteiger partial charge in [0.1, 0.15) is 11.9 Å². The molecule has 0 aliphatic heterocycles. The summed E-state index contributed by atoms with van der Waals surface area (Å²) in [7, 11) is 0. The standard InChI is InChI=1S/C6H7BrO2/c7-4-5(8)6-2-1-3-9-6/h1-3,5,8H,4H2. The lowest BCUT2D eigenvalue weighted by atomic mass is 10.3. The fourth-order valence-corrected chi connectivity index (χ4v) is 0.876. The lowest BCUT2D eigenvalue weighted by molar-refractivity contribution is 0.175. The van der Waals surface area contributed by atoms with Gasteiger partial charge in [0, 0.05) is 5.33 Å². The van der Waals surface area contributed by atoms with Gasteiger partial charge < -0.3 is 9.52 Å². The van der Waals surface area contributed by atoms with Crippen LogP contribution in [-0.2, 0) is 0 Å². The summed E-state index contributed by atoms with van der Waals surface area (Å²) >= 11 is 3.13. The van der Waals surface area contributed by atoms with Crippen LogP contribution in [0.2, 0.25) is 0 Å². The van der Waals surface area contributed by atoms with Gasteiger partial charge in [0.15, 0.2) is 0 Å². The van der Waals surface area contributed by atoms with Gasteiger partial charge in [-0.1, -0.05) is 15.9 Å². The van der Waals surface area contributed by atoms with E-state index in [1.54, 1.807) is 18.4 Å². The monoisotopic (exact) mass is 190 g/mol. The van der Waals surface area contributed by atoms with E-state index in [1.165, 1.54) is 0 Å². The van der Waals surface area contributed by atoms with Gasteiger partial charge in [0.05, 0.1) is 6.26 Å². The van der Waals surface area contributed by atoms with Crippen LogP contribution < -0.4 is 0 Å². The van der Waals surface area contributed by atoms with Gasteiger partial charge in [-0.15, -0.1) is 0 Å². The Labute approximate surface area is 61.6 Å². The Morgan fingerprint density at radius 3 is 3.00 bits per heavy atom. The molecule has 0 aliphatic carbocycles. The van der Waals surface area contributed by atoms with Crippen LogP contribution in [0.25, 0.3) is 0 Å². The van der Waals surface area contributed by atoms with Gasteiger partial charge in [0.2, 0.25) is 0 Å². The second-order valence-corrected chi connectivity index (χ2v) is 2.33. The van der Waals surface area contributed by atoms with Crippen LogP contribution in [0.4, 0.5) is 0 Å². The van der Waals surface area contributed by atoms with Gasteiger partial charge in [-0.25, -0.2) is 0 Å². The van der Waals surface area contributed by atoms with Gasteiger partial charge >= 0.3 is 0 Å². The Morgan fingerprint density at radius 2 is 2.56 bits per heavy atom. The molecule has 0 bridgehead atoms. The van der Waals surface area contributed by atoms with E-state index in [0.717, 1.165) is 0 Å². The molecule has 0 aliphatic rings. The smallest absolute Gasteiger partial charge is 0.133 e. The number of aliphatic hydroxyl groups is 1. The van der Waals surface area contributed by atoms with Crippen molar-refractivity contribution in [2.24, 2.45) is 0 Å². The van der Waals surface area contributed by atoms with Crippen molar-refractivity contribution in [1.82, 2.24) is 0 Å². The minimum Gasteiger partial charge on any atom is -0.467 e. The first-order valence-corrected chi connectivity index (χ1v) is 3.74. The lowest BCUT2D eigenvalue weighted by Crippen LogP contribution is -1.94. The zero-order valence-electron chi connectivity index (χ0n) is 4.75. The predicted octanol–water partition coefficient (Wildman–Crippen LogP) is 1.71. The van der Waals surface area contributed by atoms with E-state index in [2.05, 4.69) is 15.9 Å². The molecule has 1 N–H and O–H groups in total. The van der Waals surface area contributed by atoms with E-state index in [9.17, 15) is 0 Å². The van der Waals surface area contributed by atoms with Crippen LogP contribution in [0.3, 0.4) is 0 Å². The van der Waals surface area contributed by atoms with Crippen molar-refractivity contribution < 1.29 is 9.52 Å². The number of hydrogen-bond acceptors (Lipinski definition) is 2. The summed E-state index contributed by atoms with van der Waals surface area (Å²) in [6, 6.07) is 3.49. The van der Waals surface area contributed by atoms with Crippen LogP contribution in [0, 0.1) is 0 Å². The van der Waals surface area contributed by atoms with Crippen LogP contribution >= 0.6 is 15.9 Å². The van der Waals surface area contributed by atoms with Crippen molar-refractivity contribution in [2.75, 3.05) is 5.33 Å². The molecular weight excluding hydrogens is 184 g/mol. The Kier molecular flexibility index (Phi) is 2.30. The third-order valence-corrected chi connectivity index (χ3v) is 1.63. The SMILES string of the molecule is OC(CBr)c1ccco1. The van der Waals surface area contributed by atoms with E-state index < -0.39 is 6.10 Å². The third-order valence-electron chi connectivity index (χ3n) is 1.02. The average Bonchev–Trinajstić information content (AvgIpc) is 2.37. The first kappa shape index (κ1) is 6.83. The first-order valence-electron chi connectivity index (χ1n) is 2.62. The van der Waals surface area contributed by atoms with E-state index in [1.807, 2.05) is 0 Å². The molecule has 1 rings (SSSR count). The number of hydrogen-bond donors (Lipinski definition) is 1. The van der Waals surface area contributed by atoms with E-state index in [4.69, 9.17) is 9.52 Å². The molecule has 1 aromatic rings. The van der Waals surface area contributed by atoms with Crippen molar-refractivity contribution in [3.63, 3.8) is 0 Å². The third kappa shape index (κ3) is 1.56. The Morgan fingerprint density at radius 1 is 1.78 bits per heavy atom. The highest BCUT2D eigenvalue weighted by molar-refractivity contribution is 9.09. The summed E-state index contributed by atoms with van der Waals surface area (Å²) in [4.78, 5) is 0. The number of halogens is 1. The van der Waals surface area contributed by atoms with Crippen LogP contribution in [0.15, 0.2) is 22.8 Å². The van der Waals surface area contributed by atoms with Crippen LogP contribution in [0.5, 0.6) is 0 Å². The molecule has 50 valence electrons. The molecule has 0 radical (unpaired) electrons. The quantitative estimate of drug-likeness (QED) is 0.721. The van der Waals surface area contributed by atoms with E-state index >= 15 is 0 Å². The normalized spacial score (nSPS) is 13.6. The highest BCUT2D eigenvalue weighted by atomic mass is 79.9. The van der Waals surface area contributed by atoms with E-state index in [0.29, 0.717) is 11.1 Å². The zero-order valence-corrected chi connectivity index (χ0v) is 6.34. The summed E-state index contributed by atoms with van der Waals surface area (Å²) in [5.74, 6) is 0.604. The largest absolute Gasteiger partial charge is 0.467 e. The number of rotatable bonds is 2. The van der Waals surface area contributed by atoms with Gasteiger partial charge in [-0.05, 0) is 12.1 Å². The molecule has 0 spiro atoms. The lowest BCUT2D eigenvalue weighted by Gasteiger charge is -1.99. The molecule has 3 heteroatoms. The molecule has 0 aromatic carbocycles. The maximum absolute atomic E-state index is 9.08. The maximum Gasteiger partial charge on any atom is 0.133 e. The summed E-state index contributed by atoms with van der Waals surface area (Å²) < 4.78 is 4.91. The van der Waals surface area contributed by atoms with Gasteiger partial charge in [-0.2, -0.15) is 0 Å². The summed E-state index contributed by atoms with van der Waals surface area (Å²) in [5.41, 5.74) is 0.